The van der Waals surface area contributed by atoms with Crippen LogP contribution in [-0.4, -0.2) is 13.2 Å². The Bertz CT molecular complexity index is 553. The van der Waals surface area contributed by atoms with Gasteiger partial charge in [-0.05, 0) is 55.2 Å². The standard InChI is InChI=1S/C18H22FNO/c1-14(20-13-16-4-3-5-17(19)12-16)6-7-15-8-10-18(21-2)11-9-15/h3-5,8-12,14,20H,6-7,13H2,1-2H3/t14-/m1/s1. The van der Waals surface area contributed by atoms with Gasteiger partial charge in [-0.15, -0.1) is 0 Å². The van der Waals surface area contributed by atoms with Gasteiger partial charge in [-0.2, -0.15) is 0 Å². The highest BCUT2D eigenvalue weighted by atomic mass is 19.1. The first-order chi connectivity index (χ1) is 10.2. The largest absolute Gasteiger partial charge is 0.497 e. The van der Waals surface area contributed by atoms with Crippen LogP contribution in [0.15, 0.2) is 48.5 Å². The molecule has 0 aliphatic heterocycles. The van der Waals surface area contributed by atoms with Gasteiger partial charge in [0, 0.05) is 12.6 Å². The van der Waals surface area contributed by atoms with E-state index in [9.17, 15) is 4.39 Å². The topological polar surface area (TPSA) is 21.3 Å². The number of hydrogen-bond acceptors (Lipinski definition) is 2. The number of rotatable bonds is 7. The molecule has 2 nitrogen and oxygen atoms in total. The Labute approximate surface area is 126 Å². The fraction of sp³-hybridized carbons (Fsp3) is 0.333. The molecule has 0 fully saturated rings. The van der Waals surface area contributed by atoms with Crippen LogP contribution in [-0.2, 0) is 13.0 Å². The van der Waals surface area contributed by atoms with Crippen molar-refractivity contribution >= 4 is 0 Å². The first-order valence-electron chi connectivity index (χ1n) is 7.28. The van der Waals surface area contributed by atoms with Crippen LogP contribution in [0.4, 0.5) is 4.39 Å². The van der Waals surface area contributed by atoms with Crippen LogP contribution >= 0.6 is 0 Å². The third-order valence-electron chi connectivity index (χ3n) is 3.57. The van der Waals surface area contributed by atoms with Gasteiger partial charge in [-0.1, -0.05) is 24.3 Å². The van der Waals surface area contributed by atoms with E-state index in [1.54, 1.807) is 19.2 Å². The van der Waals surface area contributed by atoms with Crippen LogP contribution in [0.1, 0.15) is 24.5 Å². The van der Waals surface area contributed by atoms with Crippen molar-refractivity contribution in [3.8, 4) is 5.75 Å². The van der Waals surface area contributed by atoms with E-state index in [-0.39, 0.29) is 5.82 Å². The van der Waals surface area contributed by atoms with E-state index < -0.39 is 0 Å². The van der Waals surface area contributed by atoms with Crippen LogP contribution in [0, 0.1) is 5.82 Å². The molecule has 2 aromatic rings. The van der Waals surface area contributed by atoms with Crippen molar-refractivity contribution in [2.45, 2.75) is 32.4 Å². The lowest BCUT2D eigenvalue weighted by Gasteiger charge is -2.14. The summed E-state index contributed by atoms with van der Waals surface area (Å²) in [6.45, 7) is 2.85. The van der Waals surface area contributed by atoms with E-state index in [0.29, 0.717) is 12.6 Å². The number of benzene rings is 2. The molecule has 0 aromatic heterocycles. The number of halogens is 1. The molecule has 0 heterocycles. The van der Waals surface area contributed by atoms with Crippen molar-refractivity contribution < 1.29 is 9.13 Å². The molecule has 0 saturated heterocycles. The molecule has 3 heteroatoms. The summed E-state index contributed by atoms with van der Waals surface area (Å²) in [6.07, 6.45) is 2.06. The molecule has 0 aliphatic carbocycles. The van der Waals surface area contributed by atoms with Gasteiger partial charge >= 0.3 is 0 Å². The van der Waals surface area contributed by atoms with E-state index in [0.717, 1.165) is 24.2 Å². The van der Waals surface area contributed by atoms with Crippen LogP contribution in [0.3, 0.4) is 0 Å². The maximum absolute atomic E-state index is 13.1. The summed E-state index contributed by atoms with van der Waals surface area (Å²) in [5.74, 6) is 0.705. The van der Waals surface area contributed by atoms with Crippen molar-refractivity contribution in [2.24, 2.45) is 0 Å². The van der Waals surface area contributed by atoms with Gasteiger partial charge in [0.05, 0.1) is 7.11 Å². The predicted molar refractivity (Wildman–Crippen MR) is 84.0 cm³/mol. The molecule has 0 aliphatic rings. The minimum Gasteiger partial charge on any atom is -0.497 e. The summed E-state index contributed by atoms with van der Waals surface area (Å²) in [5.41, 5.74) is 2.28. The Hall–Kier alpha value is -1.87. The molecule has 0 saturated carbocycles. The van der Waals surface area contributed by atoms with Gasteiger partial charge in [-0.3, -0.25) is 0 Å². The number of ether oxygens (including phenoxy) is 1. The Balaban J connectivity index is 1.75. The molecule has 0 bridgehead atoms. The van der Waals surface area contributed by atoms with Crippen LogP contribution in [0.25, 0.3) is 0 Å². The van der Waals surface area contributed by atoms with E-state index in [2.05, 4.69) is 24.4 Å². The molecular weight excluding hydrogens is 265 g/mol. The van der Waals surface area contributed by atoms with E-state index in [1.165, 1.54) is 11.6 Å². The second kappa shape index (κ2) is 7.79. The highest BCUT2D eigenvalue weighted by molar-refractivity contribution is 5.27. The van der Waals surface area contributed by atoms with Crippen molar-refractivity contribution in [1.82, 2.24) is 5.32 Å². The maximum Gasteiger partial charge on any atom is 0.123 e. The minimum atomic E-state index is -0.180. The van der Waals surface area contributed by atoms with Gasteiger partial charge in [-0.25, -0.2) is 4.39 Å². The maximum atomic E-state index is 13.1. The van der Waals surface area contributed by atoms with Crippen molar-refractivity contribution in [2.75, 3.05) is 7.11 Å². The molecule has 0 unspecified atom stereocenters. The van der Waals surface area contributed by atoms with Crippen molar-refractivity contribution in [3.63, 3.8) is 0 Å². The fourth-order valence-electron chi connectivity index (χ4n) is 2.22. The average molecular weight is 287 g/mol. The summed E-state index contributed by atoms with van der Waals surface area (Å²) < 4.78 is 18.2. The number of methoxy groups -OCH3 is 1. The third kappa shape index (κ3) is 5.20. The number of hydrogen-bond donors (Lipinski definition) is 1. The summed E-state index contributed by atoms with van der Waals surface area (Å²) in [5, 5.41) is 3.43. The SMILES string of the molecule is COc1ccc(CC[C@@H](C)NCc2cccc(F)c2)cc1. The second-order valence-corrected chi connectivity index (χ2v) is 5.30. The summed E-state index contributed by atoms with van der Waals surface area (Å²) in [4.78, 5) is 0. The van der Waals surface area contributed by atoms with Gasteiger partial charge in [0.2, 0.25) is 0 Å². The molecule has 21 heavy (non-hydrogen) atoms. The summed E-state index contributed by atoms with van der Waals surface area (Å²) in [7, 11) is 1.67. The Kier molecular flexibility index (Phi) is 5.76. The Morgan fingerprint density at radius 2 is 1.86 bits per heavy atom. The highest BCUT2D eigenvalue weighted by Crippen LogP contribution is 2.13. The van der Waals surface area contributed by atoms with Gasteiger partial charge in [0.15, 0.2) is 0 Å². The van der Waals surface area contributed by atoms with E-state index >= 15 is 0 Å². The smallest absolute Gasteiger partial charge is 0.123 e. The predicted octanol–water partition coefficient (Wildman–Crippen LogP) is 3.95. The first kappa shape index (κ1) is 15.5. The lowest BCUT2D eigenvalue weighted by atomic mass is 10.1. The molecule has 0 spiro atoms. The zero-order valence-corrected chi connectivity index (χ0v) is 12.6. The van der Waals surface area contributed by atoms with Crippen molar-refractivity contribution in [1.29, 1.82) is 0 Å². The van der Waals surface area contributed by atoms with Crippen LogP contribution < -0.4 is 10.1 Å². The summed E-state index contributed by atoms with van der Waals surface area (Å²) in [6, 6.07) is 15.3. The second-order valence-electron chi connectivity index (χ2n) is 5.30. The lowest BCUT2D eigenvalue weighted by molar-refractivity contribution is 0.414. The van der Waals surface area contributed by atoms with E-state index in [1.807, 2.05) is 18.2 Å². The first-order valence-corrected chi connectivity index (χ1v) is 7.28. The number of aryl methyl sites for hydroxylation is 1. The highest BCUT2D eigenvalue weighted by Gasteiger charge is 2.03. The molecule has 0 radical (unpaired) electrons. The van der Waals surface area contributed by atoms with Gasteiger partial charge < -0.3 is 10.1 Å². The molecular formula is C18H22FNO. The zero-order valence-electron chi connectivity index (χ0n) is 12.6. The number of nitrogens with one attached hydrogen (secondary N) is 1. The lowest BCUT2D eigenvalue weighted by Crippen LogP contribution is -2.26. The normalized spacial score (nSPS) is 12.1. The quantitative estimate of drug-likeness (QED) is 0.832. The zero-order chi connectivity index (χ0) is 15.1. The van der Waals surface area contributed by atoms with Crippen LogP contribution in [0.2, 0.25) is 0 Å². The molecule has 2 aromatic carbocycles. The molecule has 0 amide bonds. The van der Waals surface area contributed by atoms with Gasteiger partial charge in [0.1, 0.15) is 11.6 Å². The molecule has 1 N–H and O–H groups in total. The molecule has 112 valence electrons. The van der Waals surface area contributed by atoms with Crippen molar-refractivity contribution in [3.05, 3.63) is 65.5 Å². The Morgan fingerprint density at radius 1 is 1.10 bits per heavy atom. The minimum absolute atomic E-state index is 0.180. The molecule has 1 atom stereocenters. The summed E-state index contributed by atoms with van der Waals surface area (Å²) >= 11 is 0. The average Bonchev–Trinajstić information content (AvgIpc) is 2.51. The molecule has 2 rings (SSSR count). The monoisotopic (exact) mass is 287 g/mol. The third-order valence-corrected chi connectivity index (χ3v) is 3.57. The Morgan fingerprint density at radius 3 is 2.52 bits per heavy atom. The van der Waals surface area contributed by atoms with E-state index in [4.69, 9.17) is 4.74 Å². The van der Waals surface area contributed by atoms with Crippen LogP contribution in [0.5, 0.6) is 5.75 Å². The van der Waals surface area contributed by atoms with Gasteiger partial charge in [0.25, 0.3) is 0 Å². The fourth-order valence-corrected chi connectivity index (χ4v) is 2.22.